The molecule has 37 heavy (non-hydrogen) atoms. The van der Waals surface area contributed by atoms with Gasteiger partial charge in [-0.2, -0.15) is 9.97 Å². The molecule has 4 rings (SSSR count). The van der Waals surface area contributed by atoms with E-state index in [0.717, 1.165) is 5.56 Å². The molecule has 0 aliphatic heterocycles. The van der Waals surface area contributed by atoms with Crippen LogP contribution in [0.15, 0.2) is 59.3 Å². The number of nitrogens with zero attached hydrogens (tertiary/aromatic N) is 4. The van der Waals surface area contributed by atoms with Crippen molar-refractivity contribution in [2.75, 3.05) is 24.3 Å². The van der Waals surface area contributed by atoms with Crippen molar-refractivity contribution in [2.24, 2.45) is 0 Å². The van der Waals surface area contributed by atoms with E-state index in [4.69, 9.17) is 16.1 Å². The second-order valence-electron chi connectivity index (χ2n) is 9.32. The lowest BCUT2D eigenvalue weighted by atomic mass is 9.96. The van der Waals surface area contributed by atoms with Gasteiger partial charge < -0.3 is 25.6 Å². The largest absolute Gasteiger partial charge is 0.394 e. The summed E-state index contributed by atoms with van der Waals surface area (Å²) in [7, 11) is 1.54. The highest BCUT2D eigenvalue weighted by molar-refractivity contribution is 6.34. The third-order valence-electron chi connectivity index (χ3n) is 5.51. The van der Waals surface area contributed by atoms with E-state index >= 15 is 0 Å². The van der Waals surface area contributed by atoms with E-state index in [1.807, 2.05) is 51.1 Å². The summed E-state index contributed by atoms with van der Waals surface area (Å²) >= 11 is 6.29. The monoisotopic (exact) mass is 521 g/mol. The first-order valence-electron chi connectivity index (χ1n) is 11.6. The summed E-state index contributed by atoms with van der Waals surface area (Å²) in [4.78, 5) is 25.5. The molecule has 4 N–H and O–H groups in total. The molecule has 192 valence electrons. The number of hydrogen-bond acceptors (Lipinski definition) is 9. The Hall–Kier alpha value is -4.02. The van der Waals surface area contributed by atoms with Crippen LogP contribution in [0.25, 0.3) is 11.5 Å². The molecule has 2 aromatic carbocycles. The average molecular weight is 522 g/mol. The van der Waals surface area contributed by atoms with Crippen LogP contribution in [0.3, 0.4) is 0 Å². The number of nitrogens with one attached hydrogen (secondary N) is 3. The fourth-order valence-corrected chi connectivity index (χ4v) is 3.74. The van der Waals surface area contributed by atoms with E-state index in [0.29, 0.717) is 28.5 Å². The molecule has 11 heteroatoms. The van der Waals surface area contributed by atoms with Gasteiger partial charge >= 0.3 is 0 Å². The summed E-state index contributed by atoms with van der Waals surface area (Å²) in [6.07, 6.45) is 1.57. The maximum absolute atomic E-state index is 11.9. The van der Waals surface area contributed by atoms with Gasteiger partial charge in [0, 0.05) is 24.3 Å². The van der Waals surface area contributed by atoms with Gasteiger partial charge in [0.15, 0.2) is 5.82 Å². The van der Waals surface area contributed by atoms with Gasteiger partial charge in [-0.3, -0.25) is 4.79 Å². The number of halogens is 1. The molecule has 0 radical (unpaired) electrons. The van der Waals surface area contributed by atoms with Crippen LogP contribution in [0.5, 0.6) is 0 Å². The van der Waals surface area contributed by atoms with Gasteiger partial charge in [0.2, 0.25) is 5.95 Å². The number of aromatic nitrogens is 4. The number of carbonyl (C=O) groups excluding carboxylic acids is 1. The van der Waals surface area contributed by atoms with Crippen LogP contribution in [-0.4, -0.2) is 44.8 Å². The molecule has 10 nitrogen and oxygen atoms in total. The number of anilines is 3. The van der Waals surface area contributed by atoms with Crippen molar-refractivity contribution in [3.8, 4) is 11.5 Å². The molecular weight excluding hydrogens is 494 g/mol. The minimum absolute atomic E-state index is 0.177. The van der Waals surface area contributed by atoms with Crippen LogP contribution < -0.4 is 16.0 Å². The third-order valence-corrected chi connectivity index (χ3v) is 5.82. The Kier molecular flexibility index (Phi) is 7.70. The summed E-state index contributed by atoms with van der Waals surface area (Å²) in [5.74, 6) is 1.16. The molecule has 1 amide bonds. The normalized spacial score (nSPS) is 12.2. The quantitative estimate of drug-likeness (QED) is 0.259. The lowest BCUT2D eigenvalue weighted by Gasteiger charge is -2.19. The van der Waals surface area contributed by atoms with Crippen molar-refractivity contribution in [3.63, 3.8) is 0 Å². The molecule has 2 heterocycles. The number of benzene rings is 2. The second-order valence-corrected chi connectivity index (χ2v) is 9.73. The zero-order chi connectivity index (χ0) is 26.6. The Balaban J connectivity index is 1.70. The Morgan fingerprint density at radius 3 is 2.51 bits per heavy atom. The van der Waals surface area contributed by atoms with Crippen molar-refractivity contribution < 1.29 is 14.4 Å². The number of hydrogen-bond donors (Lipinski definition) is 4. The number of carbonyl (C=O) groups is 1. The van der Waals surface area contributed by atoms with Gasteiger partial charge in [-0.05, 0) is 23.8 Å². The Labute approximate surface area is 219 Å². The van der Waals surface area contributed by atoms with E-state index in [1.165, 1.54) is 7.05 Å². The van der Waals surface area contributed by atoms with Gasteiger partial charge in [0.1, 0.15) is 11.4 Å². The molecule has 0 saturated heterocycles. The molecule has 0 spiro atoms. The average Bonchev–Trinajstić information content (AvgIpc) is 3.38. The van der Waals surface area contributed by atoms with Crippen molar-refractivity contribution in [1.82, 2.24) is 25.4 Å². The van der Waals surface area contributed by atoms with Crippen molar-refractivity contribution in [1.29, 1.82) is 0 Å². The molecule has 0 unspecified atom stereocenters. The Bertz CT molecular complexity index is 1390. The summed E-state index contributed by atoms with van der Waals surface area (Å²) in [6, 6.07) is 14.0. The first kappa shape index (κ1) is 26.1. The van der Waals surface area contributed by atoms with E-state index in [9.17, 15) is 9.90 Å². The predicted molar refractivity (Wildman–Crippen MR) is 142 cm³/mol. The van der Waals surface area contributed by atoms with Crippen LogP contribution in [0.1, 0.15) is 48.6 Å². The van der Waals surface area contributed by atoms with Crippen LogP contribution in [0.4, 0.5) is 17.5 Å². The fraction of sp³-hybridized carbons (Fsp3) is 0.269. The topological polar surface area (TPSA) is 138 Å². The SMILES string of the molecule is CNC(=O)c1ccc(Nc2ncc(-c3nc(C(C)(C)C)no3)c(N[C@H](CO)c3ccccc3)n2)cc1Cl. The van der Waals surface area contributed by atoms with Gasteiger partial charge in [0.05, 0.1) is 23.2 Å². The standard InChI is InChI=1S/C26H28ClN7O3/c1-26(2,3)24-33-23(37-34-24)18-13-29-25(30-16-10-11-17(19(27)12-16)22(36)28-4)32-21(18)31-20(14-35)15-8-6-5-7-9-15/h5-13,20,35H,14H2,1-4H3,(H,28,36)(H2,29,30,31,32)/t20-/m1/s1. The van der Waals surface area contributed by atoms with Crippen molar-refractivity contribution >= 4 is 35.0 Å². The first-order valence-corrected chi connectivity index (χ1v) is 12.0. The zero-order valence-corrected chi connectivity index (χ0v) is 21.7. The first-order chi connectivity index (χ1) is 17.7. The number of rotatable bonds is 8. The minimum Gasteiger partial charge on any atom is -0.394 e. The Morgan fingerprint density at radius 2 is 1.89 bits per heavy atom. The van der Waals surface area contributed by atoms with Crippen molar-refractivity contribution in [2.45, 2.75) is 32.2 Å². The summed E-state index contributed by atoms with van der Waals surface area (Å²) in [5.41, 5.74) is 1.99. The summed E-state index contributed by atoms with van der Waals surface area (Å²) in [6.45, 7) is 5.79. The van der Waals surface area contributed by atoms with Crippen LogP contribution in [-0.2, 0) is 5.41 Å². The van der Waals surface area contributed by atoms with Crippen molar-refractivity contribution in [3.05, 3.63) is 76.7 Å². The second kappa shape index (κ2) is 10.9. The van der Waals surface area contributed by atoms with Gasteiger partial charge in [-0.25, -0.2) is 4.98 Å². The molecule has 0 fully saturated rings. The molecule has 1 atom stereocenters. The Morgan fingerprint density at radius 1 is 1.14 bits per heavy atom. The lowest BCUT2D eigenvalue weighted by molar-refractivity contribution is 0.0963. The maximum atomic E-state index is 11.9. The predicted octanol–water partition coefficient (Wildman–Crippen LogP) is 4.73. The fourth-order valence-electron chi connectivity index (χ4n) is 3.47. The van der Waals surface area contributed by atoms with E-state index in [-0.39, 0.29) is 34.8 Å². The van der Waals surface area contributed by atoms with Gasteiger partial charge in [-0.1, -0.05) is 67.9 Å². The molecule has 0 saturated carbocycles. The zero-order valence-electron chi connectivity index (χ0n) is 20.9. The third kappa shape index (κ3) is 6.04. The highest BCUT2D eigenvalue weighted by Crippen LogP contribution is 2.31. The smallest absolute Gasteiger partial charge is 0.263 e. The van der Waals surface area contributed by atoms with Crippen LogP contribution >= 0.6 is 11.6 Å². The number of aliphatic hydroxyl groups excluding tert-OH is 1. The van der Waals surface area contributed by atoms with E-state index in [2.05, 4.69) is 36.1 Å². The van der Waals surface area contributed by atoms with Crippen LogP contribution in [0.2, 0.25) is 5.02 Å². The highest BCUT2D eigenvalue weighted by Gasteiger charge is 2.24. The highest BCUT2D eigenvalue weighted by atomic mass is 35.5. The molecule has 0 bridgehead atoms. The number of amides is 1. The molecule has 4 aromatic rings. The van der Waals surface area contributed by atoms with E-state index in [1.54, 1.807) is 24.4 Å². The van der Waals surface area contributed by atoms with Gasteiger partial charge in [-0.15, -0.1) is 0 Å². The summed E-state index contributed by atoms with van der Waals surface area (Å²) < 4.78 is 5.54. The van der Waals surface area contributed by atoms with Crippen LogP contribution in [0, 0.1) is 0 Å². The summed E-state index contributed by atoms with van der Waals surface area (Å²) in [5, 5.41) is 23.4. The molecular formula is C26H28ClN7O3. The minimum atomic E-state index is -0.450. The molecule has 0 aliphatic carbocycles. The lowest BCUT2D eigenvalue weighted by Crippen LogP contribution is -2.18. The molecule has 2 aromatic heterocycles. The number of aliphatic hydroxyl groups is 1. The van der Waals surface area contributed by atoms with E-state index < -0.39 is 6.04 Å². The van der Waals surface area contributed by atoms with Gasteiger partial charge in [0.25, 0.3) is 11.8 Å². The maximum Gasteiger partial charge on any atom is 0.263 e. The molecule has 0 aliphatic rings.